The highest BCUT2D eigenvalue weighted by Crippen LogP contribution is 2.42. The van der Waals surface area contributed by atoms with Gasteiger partial charge in [0.1, 0.15) is 29.6 Å². The number of β-amino-alcohol motifs (C(OH)–C–C–N with tert-alkyl or cyclic N) is 1. The lowest BCUT2D eigenvalue weighted by Crippen LogP contribution is -2.49. The molecular formula is C22H19ClF7NO3. The first-order valence-electron chi connectivity index (χ1n) is 10.3. The van der Waals surface area contributed by atoms with Crippen LogP contribution < -0.4 is 9.47 Å². The van der Waals surface area contributed by atoms with E-state index in [0.29, 0.717) is 37.4 Å². The van der Waals surface area contributed by atoms with Crippen LogP contribution in [0.3, 0.4) is 0 Å². The maximum atomic E-state index is 13.9. The summed E-state index contributed by atoms with van der Waals surface area (Å²) < 4.78 is 104. The molecule has 2 aliphatic rings. The number of piperidine rings is 1. The average molecular weight is 514 g/mol. The van der Waals surface area contributed by atoms with Crippen molar-refractivity contribution in [3.63, 3.8) is 0 Å². The van der Waals surface area contributed by atoms with E-state index in [1.807, 2.05) is 17.0 Å². The van der Waals surface area contributed by atoms with E-state index in [1.165, 1.54) is 0 Å². The van der Waals surface area contributed by atoms with E-state index in [4.69, 9.17) is 16.3 Å². The first-order chi connectivity index (χ1) is 15.9. The minimum Gasteiger partial charge on any atom is -0.487 e. The van der Waals surface area contributed by atoms with Crippen molar-refractivity contribution in [2.75, 3.05) is 26.2 Å². The normalized spacial score (nSPS) is 18.6. The van der Waals surface area contributed by atoms with Crippen LogP contribution in [0.15, 0.2) is 18.2 Å². The maximum absolute atomic E-state index is 13.9. The van der Waals surface area contributed by atoms with Crippen LogP contribution in [-0.2, 0) is 12.6 Å². The molecule has 1 spiro atoms. The molecule has 0 radical (unpaired) electrons. The number of hydrogen-bond donors (Lipinski definition) is 1. The predicted molar refractivity (Wildman–Crippen MR) is 107 cm³/mol. The zero-order chi connectivity index (χ0) is 24.8. The second kappa shape index (κ2) is 9.09. The number of halogens is 8. The molecule has 2 heterocycles. The fourth-order valence-electron chi connectivity index (χ4n) is 4.34. The number of likely N-dealkylation sites (tertiary alicyclic amines) is 1. The van der Waals surface area contributed by atoms with Crippen LogP contribution in [0.25, 0.3) is 0 Å². The number of alkyl halides is 3. The van der Waals surface area contributed by atoms with Gasteiger partial charge in [0, 0.05) is 43.9 Å². The standard InChI is InChI=1S/C22H19ClF7NO3/c23-12-1-2-14-11(7-12)8-21(34-14)3-5-31(6-4-21)9-13(32)10-33-20-18(26)16(24)15(22(28,29)30)17(25)19(20)27/h1-2,7,13,32H,3-6,8-10H2/t13-/m1/s1. The fourth-order valence-corrected chi connectivity index (χ4v) is 4.54. The second-order valence-corrected chi connectivity index (χ2v) is 8.87. The molecule has 0 saturated carbocycles. The highest BCUT2D eigenvalue weighted by Gasteiger charge is 2.44. The first-order valence-corrected chi connectivity index (χ1v) is 10.7. The van der Waals surface area contributed by atoms with E-state index in [2.05, 4.69) is 4.74 Å². The third-order valence-corrected chi connectivity index (χ3v) is 6.26. The summed E-state index contributed by atoms with van der Waals surface area (Å²) in [4.78, 5) is 1.85. The van der Waals surface area contributed by atoms with Crippen LogP contribution in [0.2, 0.25) is 5.02 Å². The molecule has 12 heteroatoms. The van der Waals surface area contributed by atoms with Gasteiger partial charge < -0.3 is 19.5 Å². The third kappa shape index (κ3) is 4.78. The molecule has 1 atom stereocenters. The summed E-state index contributed by atoms with van der Waals surface area (Å²) in [6, 6.07) is 5.40. The van der Waals surface area contributed by atoms with Crippen LogP contribution in [0.5, 0.6) is 11.5 Å². The van der Waals surface area contributed by atoms with E-state index in [0.717, 1.165) is 11.3 Å². The number of fused-ring (bicyclic) bond motifs is 1. The van der Waals surface area contributed by atoms with E-state index in [-0.39, 0.29) is 6.54 Å². The second-order valence-electron chi connectivity index (χ2n) is 8.44. The lowest BCUT2D eigenvalue weighted by molar-refractivity contribution is -0.143. The molecule has 2 aromatic carbocycles. The van der Waals surface area contributed by atoms with Crippen LogP contribution in [-0.4, -0.2) is 48.0 Å². The number of aliphatic hydroxyl groups excluding tert-OH is 1. The Labute approximate surface area is 194 Å². The molecule has 34 heavy (non-hydrogen) atoms. The maximum Gasteiger partial charge on any atom is 0.422 e. The fraction of sp³-hybridized carbons (Fsp3) is 0.455. The lowest BCUT2D eigenvalue weighted by atomic mass is 9.87. The van der Waals surface area contributed by atoms with Crippen molar-refractivity contribution in [3.8, 4) is 11.5 Å². The van der Waals surface area contributed by atoms with Crippen molar-refractivity contribution in [1.29, 1.82) is 0 Å². The summed E-state index contributed by atoms with van der Waals surface area (Å²) in [5, 5.41) is 10.8. The Kier molecular flexibility index (Phi) is 6.65. The summed E-state index contributed by atoms with van der Waals surface area (Å²) in [5.41, 5.74) is -2.07. The van der Waals surface area contributed by atoms with Crippen molar-refractivity contribution < 1.29 is 45.3 Å². The number of ether oxygens (including phenoxy) is 2. The van der Waals surface area contributed by atoms with Gasteiger partial charge in [0.15, 0.2) is 17.4 Å². The molecule has 2 aliphatic heterocycles. The van der Waals surface area contributed by atoms with Crippen LogP contribution >= 0.6 is 11.6 Å². The molecule has 0 aromatic heterocycles. The first kappa shape index (κ1) is 24.9. The van der Waals surface area contributed by atoms with Crippen molar-refractivity contribution >= 4 is 11.6 Å². The number of benzene rings is 2. The van der Waals surface area contributed by atoms with Crippen molar-refractivity contribution in [3.05, 3.63) is 57.6 Å². The average Bonchev–Trinajstić information content (AvgIpc) is 3.10. The summed E-state index contributed by atoms with van der Waals surface area (Å²) in [6.45, 7) is 0.250. The van der Waals surface area contributed by atoms with Crippen molar-refractivity contribution in [2.45, 2.75) is 37.1 Å². The summed E-state index contributed by atoms with van der Waals surface area (Å²) in [5.74, 6) is -10.8. The quantitative estimate of drug-likeness (QED) is 0.445. The molecule has 4 nitrogen and oxygen atoms in total. The van der Waals surface area contributed by atoms with Crippen LogP contribution in [0.4, 0.5) is 30.7 Å². The molecular weight excluding hydrogens is 495 g/mol. The van der Waals surface area contributed by atoms with Gasteiger partial charge in [0.2, 0.25) is 11.6 Å². The Hall–Kier alpha value is -2.24. The zero-order valence-corrected chi connectivity index (χ0v) is 18.2. The van der Waals surface area contributed by atoms with E-state index in [9.17, 15) is 35.8 Å². The summed E-state index contributed by atoms with van der Waals surface area (Å²) in [6.07, 6.45) is -5.03. The molecule has 1 fully saturated rings. The topological polar surface area (TPSA) is 41.9 Å². The van der Waals surface area contributed by atoms with Crippen LogP contribution in [0, 0.1) is 23.3 Å². The minimum atomic E-state index is -5.64. The van der Waals surface area contributed by atoms with Gasteiger partial charge in [-0.05, 0) is 23.8 Å². The van der Waals surface area contributed by atoms with E-state index >= 15 is 0 Å². The zero-order valence-electron chi connectivity index (χ0n) is 17.5. The van der Waals surface area contributed by atoms with Gasteiger partial charge in [-0.1, -0.05) is 11.6 Å². The van der Waals surface area contributed by atoms with Gasteiger partial charge >= 0.3 is 6.18 Å². The van der Waals surface area contributed by atoms with Crippen LogP contribution in [0.1, 0.15) is 24.0 Å². The molecule has 0 aliphatic carbocycles. The van der Waals surface area contributed by atoms with Crippen molar-refractivity contribution in [2.24, 2.45) is 0 Å². The van der Waals surface area contributed by atoms with Gasteiger partial charge in [0.05, 0.1) is 0 Å². The van der Waals surface area contributed by atoms with Gasteiger partial charge in [-0.15, -0.1) is 0 Å². The smallest absolute Gasteiger partial charge is 0.422 e. The minimum absolute atomic E-state index is 0.00366. The van der Waals surface area contributed by atoms with E-state index in [1.54, 1.807) is 6.07 Å². The Bertz CT molecular complexity index is 1060. The number of aliphatic hydroxyl groups is 1. The molecule has 0 amide bonds. The molecule has 4 rings (SSSR count). The van der Waals surface area contributed by atoms with Gasteiger partial charge in [-0.3, -0.25) is 0 Å². The predicted octanol–water partition coefficient (Wildman–Crippen LogP) is 5.12. The summed E-state index contributed by atoms with van der Waals surface area (Å²) >= 11 is 6.03. The highest BCUT2D eigenvalue weighted by atomic mass is 35.5. The Morgan fingerprint density at radius 2 is 1.68 bits per heavy atom. The number of nitrogens with zero attached hydrogens (tertiary/aromatic N) is 1. The SMILES string of the molecule is O[C@@H](COc1c(F)c(F)c(C(F)(F)F)c(F)c1F)CN1CCC2(CC1)Cc1cc(Cl)ccc1O2. The molecule has 2 aromatic rings. The molecule has 0 bridgehead atoms. The molecule has 186 valence electrons. The lowest BCUT2D eigenvalue weighted by Gasteiger charge is -2.39. The largest absolute Gasteiger partial charge is 0.487 e. The molecule has 1 saturated heterocycles. The Morgan fingerprint density at radius 1 is 1.06 bits per heavy atom. The highest BCUT2D eigenvalue weighted by molar-refractivity contribution is 6.30. The third-order valence-electron chi connectivity index (χ3n) is 6.02. The van der Waals surface area contributed by atoms with Gasteiger partial charge in [-0.2, -0.15) is 22.0 Å². The monoisotopic (exact) mass is 513 g/mol. The van der Waals surface area contributed by atoms with Gasteiger partial charge in [-0.25, -0.2) is 8.78 Å². The Balaban J connectivity index is 1.33. The van der Waals surface area contributed by atoms with E-state index < -0.39 is 59.1 Å². The Morgan fingerprint density at radius 3 is 2.26 bits per heavy atom. The molecule has 0 unspecified atom stereocenters. The summed E-state index contributed by atoms with van der Waals surface area (Å²) in [7, 11) is 0. The number of hydrogen-bond acceptors (Lipinski definition) is 4. The number of rotatable bonds is 5. The van der Waals surface area contributed by atoms with Crippen molar-refractivity contribution in [1.82, 2.24) is 4.90 Å². The van der Waals surface area contributed by atoms with Gasteiger partial charge in [0.25, 0.3) is 0 Å². The molecule has 1 N–H and O–H groups in total.